The molecule has 0 radical (unpaired) electrons. The van der Waals surface area contributed by atoms with Crippen molar-refractivity contribution in [3.8, 4) is 0 Å². The number of amides is 4. The molecule has 2 aromatic carbocycles. The van der Waals surface area contributed by atoms with E-state index in [-0.39, 0.29) is 47.1 Å². The number of halogens is 1. The molecule has 75 heavy (non-hydrogen) atoms. The molecular weight excluding hydrogens is 1070 g/mol. The highest BCUT2D eigenvalue weighted by Gasteiger charge is 2.55. The summed E-state index contributed by atoms with van der Waals surface area (Å²) in [6.45, 7) is -5.34. The molecule has 4 amide bonds. The lowest BCUT2D eigenvalue weighted by Gasteiger charge is -2.31. The molecule has 0 bridgehead atoms. The highest BCUT2D eigenvalue weighted by atomic mass is 32.5. The summed E-state index contributed by atoms with van der Waals surface area (Å²) in [5.41, 5.74) is 0.179. The van der Waals surface area contributed by atoms with Crippen molar-refractivity contribution in [2.75, 3.05) is 51.0 Å². The van der Waals surface area contributed by atoms with E-state index in [1.807, 2.05) is 0 Å². The topological polar surface area (TPSA) is 300 Å². The molecule has 0 saturated carbocycles. The van der Waals surface area contributed by atoms with Gasteiger partial charge >= 0.3 is 25.6 Å². The molecule has 7 heterocycles. The van der Waals surface area contributed by atoms with E-state index >= 15 is 4.39 Å². The van der Waals surface area contributed by atoms with Crippen LogP contribution in [0, 0.1) is 0 Å². The van der Waals surface area contributed by atoms with E-state index in [4.69, 9.17) is 60.7 Å². The molecule has 6 aromatic rings. The molecule has 3 saturated heterocycles. The molecule has 3 aliphatic rings. The van der Waals surface area contributed by atoms with Crippen molar-refractivity contribution in [2.24, 2.45) is 0 Å². The molecular formula is C44H49FN12O14P2S2. The SMILES string of the molecule is CN(CCN(C)C(=O)OC(C)(C)C)C(=O)O[C@@H]1[C@@H]2OP(O)(=S)OC[C@H]3O[C@@H](n4cnc5c(NC(=O)c6ccccc6)ncnc54)[C@H](F)[C@@H]3OP(O)(=S)OC[C@H]2O[C@H]1n1cnc2c(NC(=O)c3ccccc3)ncnc21. The number of alkyl halides is 1. The Labute approximate surface area is 436 Å². The van der Waals surface area contributed by atoms with Crippen LogP contribution in [0.3, 0.4) is 0 Å². The van der Waals surface area contributed by atoms with E-state index in [1.54, 1.807) is 81.4 Å². The Hall–Kier alpha value is -6.07. The highest BCUT2D eigenvalue weighted by molar-refractivity contribution is 8.07. The van der Waals surface area contributed by atoms with E-state index in [1.165, 1.54) is 40.8 Å². The summed E-state index contributed by atoms with van der Waals surface area (Å²) in [5.74, 6) is -0.949. The zero-order valence-corrected chi connectivity index (χ0v) is 43.8. The molecule has 26 nitrogen and oxygen atoms in total. The van der Waals surface area contributed by atoms with Gasteiger partial charge in [-0.2, -0.15) is 0 Å². The number of carbonyl (C=O) groups excluding carboxylic acids is 4. The van der Waals surface area contributed by atoms with Crippen LogP contribution in [0.15, 0.2) is 86.0 Å². The summed E-state index contributed by atoms with van der Waals surface area (Å²) in [7, 11) is 2.90. The van der Waals surface area contributed by atoms with Crippen molar-refractivity contribution in [1.82, 2.24) is 48.8 Å². The summed E-state index contributed by atoms with van der Waals surface area (Å²) in [6.07, 6.45) is -9.78. The first-order valence-electron chi connectivity index (χ1n) is 22.9. The molecule has 4 N–H and O–H groups in total. The van der Waals surface area contributed by atoms with Gasteiger partial charge in [0.25, 0.3) is 11.8 Å². The number of anilines is 2. The van der Waals surface area contributed by atoms with Gasteiger partial charge in [0.2, 0.25) is 0 Å². The molecule has 3 fully saturated rings. The second kappa shape index (κ2) is 21.9. The second-order valence-corrected chi connectivity index (χ2v) is 23.7. The van der Waals surface area contributed by atoms with Crippen LogP contribution in [-0.4, -0.2) is 165 Å². The Morgan fingerprint density at radius 1 is 0.707 bits per heavy atom. The molecule has 4 aromatic heterocycles. The first-order valence-corrected chi connectivity index (χ1v) is 28.0. The minimum atomic E-state index is -4.52. The third-order valence-corrected chi connectivity index (χ3v) is 14.8. The number of fused-ring (bicyclic) bond motifs is 4. The van der Waals surface area contributed by atoms with Crippen LogP contribution in [0.2, 0.25) is 0 Å². The van der Waals surface area contributed by atoms with E-state index in [0.29, 0.717) is 11.1 Å². The van der Waals surface area contributed by atoms with Gasteiger partial charge in [0.15, 0.2) is 58.7 Å². The molecule has 31 heteroatoms. The lowest BCUT2D eigenvalue weighted by molar-refractivity contribution is -0.0597. The number of benzene rings is 2. The van der Waals surface area contributed by atoms with Gasteiger partial charge in [-0.1, -0.05) is 36.4 Å². The van der Waals surface area contributed by atoms with Gasteiger partial charge in [-0.3, -0.25) is 27.8 Å². The van der Waals surface area contributed by atoms with E-state index in [0.717, 1.165) is 17.6 Å². The number of hydrogen-bond acceptors (Lipinski definition) is 20. The van der Waals surface area contributed by atoms with Crippen molar-refractivity contribution < 1.29 is 70.4 Å². The normalized spacial score (nSPS) is 27.0. The smallest absolute Gasteiger partial charge is 0.410 e. The summed E-state index contributed by atoms with van der Waals surface area (Å²) in [5, 5.41) is 5.40. The fourth-order valence-electron chi connectivity index (χ4n) is 8.03. The Morgan fingerprint density at radius 2 is 1.16 bits per heavy atom. The Morgan fingerprint density at radius 3 is 1.67 bits per heavy atom. The van der Waals surface area contributed by atoms with Gasteiger partial charge in [-0.05, 0) is 68.7 Å². The molecule has 9 rings (SSSR count). The maximum atomic E-state index is 16.9. The van der Waals surface area contributed by atoms with Gasteiger partial charge in [0.1, 0.15) is 42.7 Å². The average molecular weight is 1120 g/mol. The molecule has 2 unspecified atom stereocenters. The van der Waals surface area contributed by atoms with Gasteiger partial charge in [-0.25, -0.2) is 43.9 Å². The Bertz CT molecular complexity index is 3200. The summed E-state index contributed by atoms with van der Waals surface area (Å²) in [4.78, 5) is 105. The van der Waals surface area contributed by atoms with Gasteiger partial charge < -0.3 is 58.2 Å². The maximum Gasteiger partial charge on any atom is 0.410 e. The van der Waals surface area contributed by atoms with Crippen LogP contribution in [0.1, 0.15) is 53.9 Å². The predicted molar refractivity (Wildman–Crippen MR) is 269 cm³/mol. The highest BCUT2D eigenvalue weighted by Crippen LogP contribution is 2.55. The standard InChI is InChI=1S/C44H49FN12O14P2S2/c1-44(2,3)69-43(61)55(5)17-16-54(4)42(60)68-33-32-27(67-41(33)57-23-51-30-35(47-21-49-37(30)57)53-39(59)25-14-10-7-11-15-25)19-65-72(62,74)70-31-26(18-64-73(63,75)71-32)66-40(28(31)45)56-22-50-29-34(46-20-48-36(29)56)52-38(58)24-12-8-6-9-13-24/h6-15,20-23,26-28,31-33,40-41H,16-19H2,1-5H3,(H,62,74)(H,63,75)(H,46,48,52,58)(H,47,49,53,59)/t26-,27-,28-,31-,32-,33-,40-,41-,72?,73?/m1/s1. The van der Waals surface area contributed by atoms with Crippen LogP contribution >= 0.6 is 13.4 Å². The minimum absolute atomic E-state index is 0.0120. The molecule has 3 aliphatic heterocycles. The molecule has 0 spiro atoms. The van der Waals surface area contributed by atoms with E-state index < -0.39 is 105 Å². The van der Waals surface area contributed by atoms with Crippen LogP contribution < -0.4 is 10.6 Å². The fraction of sp³-hybridized carbons (Fsp3) is 0.409. The summed E-state index contributed by atoms with van der Waals surface area (Å²) in [6, 6.07) is 16.7. The minimum Gasteiger partial charge on any atom is -0.444 e. The van der Waals surface area contributed by atoms with E-state index in [9.17, 15) is 29.0 Å². The first-order chi connectivity index (χ1) is 35.6. The number of rotatable bonds is 10. The van der Waals surface area contributed by atoms with Crippen LogP contribution in [0.4, 0.5) is 25.6 Å². The van der Waals surface area contributed by atoms with Crippen LogP contribution in [0.25, 0.3) is 22.3 Å². The summed E-state index contributed by atoms with van der Waals surface area (Å²) < 4.78 is 67.2. The van der Waals surface area contributed by atoms with Crippen LogP contribution in [0.5, 0.6) is 0 Å². The fourth-order valence-corrected chi connectivity index (χ4v) is 10.9. The zero-order valence-electron chi connectivity index (χ0n) is 40.4. The van der Waals surface area contributed by atoms with Gasteiger partial charge in [0, 0.05) is 38.3 Å². The first kappa shape index (κ1) is 53.7. The average Bonchev–Trinajstić information content (AvgIpc) is 4.16. The maximum absolute atomic E-state index is 16.9. The number of ether oxygens (including phenoxy) is 4. The van der Waals surface area contributed by atoms with Gasteiger partial charge in [-0.15, -0.1) is 0 Å². The van der Waals surface area contributed by atoms with E-state index in [2.05, 4.69) is 40.5 Å². The van der Waals surface area contributed by atoms with Crippen molar-refractivity contribution in [2.45, 2.75) is 75.5 Å². The molecule has 0 aliphatic carbocycles. The van der Waals surface area contributed by atoms with Gasteiger partial charge in [0.05, 0.1) is 25.9 Å². The quantitative estimate of drug-likeness (QED) is 0.133. The van der Waals surface area contributed by atoms with Crippen LogP contribution in [-0.2, 0) is 60.7 Å². The Balaban J connectivity index is 0.988. The number of hydrogen-bond donors (Lipinski definition) is 4. The number of nitrogens with zero attached hydrogens (tertiary/aromatic N) is 10. The molecule has 398 valence electrons. The monoisotopic (exact) mass is 1110 g/mol. The number of likely N-dealkylation sites (N-methyl/N-ethyl adjacent to an activating group) is 2. The van der Waals surface area contributed by atoms with Crippen molar-refractivity contribution in [1.29, 1.82) is 0 Å². The Kier molecular flexibility index (Phi) is 15.7. The second-order valence-electron chi connectivity index (χ2n) is 18.1. The molecule has 10 atom stereocenters. The van der Waals surface area contributed by atoms with Crippen molar-refractivity contribution in [3.63, 3.8) is 0 Å². The lowest BCUT2D eigenvalue weighted by atomic mass is 10.1. The number of carbonyl (C=O) groups is 4. The van der Waals surface area contributed by atoms with Crippen molar-refractivity contribution in [3.05, 3.63) is 97.1 Å². The lowest BCUT2D eigenvalue weighted by Crippen LogP contribution is -2.44. The summed E-state index contributed by atoms with van der Waals surface area (Å²) >= 11 is 11.0. The van der Waals surface area contributed by atoms with Crippen molar-refractivity contribution >= 4 is 95.0 Å². The number of nitrogens with one attached hydrogen (secondary N) is 2. The zero-order chi connectivity index (χ0) is 53.4. The number of imidazole rings is 2. The number of aromatic nitrogens is 8. The largest absolute Gasteiger partial charge is 0.444 e. The third-order valence-electron chi connectivity index (χ3n) is 11.7. The predicted octanol–water partition coefficient (Wildman–Crippen LogP) is 4.86. The third kappa shape index (κ3) is 12.1.